The van der Waals surface area contributed by atoms with Crippen molar-refractivity contribution in [2.45, 2.75) is 12.6 Å². The van der Waals surface area contributed by atoms with Crippen molar-refractivity contribution in [3.8, 4) is 5.75 Å². The Morgan fingerprint density at radius 1 is 1.21 bits per heavy atom. The molecule has 0 saturated carbocycles. The Hall–Kier alpha value is -1.85. The maximum Gasteiger partial charge on any atom is 0.434 e. The molecule has 11 heteroatoms. The first-order valence-corrected chi connectivity index (χ1v) is 11.2. The van der Waals surface area contributed by atoms with Crippen molar-refractivity contribution < 1.29 is 22.7 Å². The lowest BCUT2D eigenvalue weighted by Gasteiger charge is -2.14. The molecule has 0 atom stereocenters. The number of alkyl halides is 3. The quantitative estimate of drug-likeness (QED) is 0.196. The Morgan fingerprint density at radius 2 is 1.86 bits per heavy atom. The van der Waals surface area contributed by atoms with E-state index in [4.69, 9.17) is 10.5 Å². The van der Waals surface area contributed by atoms with E-state index in [2.05, 4.69) is 15.6 Å². The van der Waals surface area contributed by atoms with Crippen LogP contribution in [-0.2, 0) is 4.79 Å². The van der Waals surface area contributed by atoms with Crippen molar-refractivity contribution in [2.24, 2.45) is 10.7 Å². The fourth-order valence-corrected chi connectivity index (χ4v) is 4.11. The van der Waals surface area contributed by atoms with Crippen molar-refractivity contribution in [3.05, 3.63) is 36.0 Å². The van der Waals surface area contributed by atoms with E-state index < -0.39 is 23.4 Å². The van der Waals surface area contributed by atoms with E-state index in [1.807, 2.05) is 7.05 Å². The molecule has 162 valence electrons. The van der Waals surface area contributed by atoms with Gasteiger partial charge in [0.15, 0.2) is 5.71 Å². The number of halogens is 3. The Kier molecular flexibility index (Phi) is 11.6. The molecule has 1 rings (SSSR count). The van der Waals surface area contributed by atoms with E-state index in [0.29, 0.717) is 18.4 Å². The molecule has 1 amide bonds. The zero-order valence-corrected chi connectivity index (χ0v) is 17.8. The summed E-state index contributed by atoms with van der Waals surface area (Å²) in [5.74, 6) is 1.28. The van der Waals surface area contributed by atoms with E-state index >= 15 is 0 Å². The predicted molar refractivity (Wildman–Crippen MR) is 115 cm³/mol. The highest BCUT2D eigenvalue weighted by Gasteiger charge is 2.40. The molecule has 0 spiro atoms. The molecule has 0 aliphatic rings. The molecule has 6 nitrogen and oxygen atoms in total. The second-order valence-corrected chi connectivity index (χ2v) is 8.30. The molecule has 0 saturated heterocycles. The summed E-state index contributed by atoms with van der Waals surface area (Å²) >= 11 is 0. The Balaban J connectivity index is 2.73. The highest BCUT2D eigenvalue weighted by Crippen LogP contribution is 2.27. The molecule has 1 aromatic rings. The smallest absolute Gasteiger partial charge is 0.434 e. The Labute approximate surface area is 176 Å². The van der Waals surface area contributed by atoms with Gasteiger partial charge in [-0.15, -0.1) is 0 Å². The fraction of sp³-hybridized carbons (Fsp3) is 0.444. The minimum atomic E-state index is -4.84. The van der Waals surface area contributed by atoms with Crippen LogP contribution in [0.4, 0.5) is 18.9 Å². The van der Waals surface area contributed by atoms with Gasteiger partial charge in [-0.05, 0) is 37.7 Å². The van der Waals surface area contributed by atoms with Gasteiger partial charge in [0, 0.05) is 30.8 Å². The zero-order valence-electron chi connectivity index (χ0n) is 16.2. The molecule has 0 fully saturated rings. The molecule has 0 aliphatic carbocycles. The first kappa shape index (κ1) is 25.2. The number of amides is 1. The summed E-state index contributed by atoms with van der Waals surface area (Å²) in [6, 6.07) is 5.68. The van der Waals surface area contributed by atoms with Crippen LogP contribution in [0.3, 0.4) is 0 Å². The van der Waals surface area contributed by atoms with Crippen LogP contribution in [0.2, 0.25) is 0 Å². The lowest BCUT2D eigenvalue weighted by molar-refractivity contribution is -0.117. The van der Waals surface area contributed by atoms with Crippen molar-refractivity contribution in [2.75, 3.05) is 38.8 Å². The highest BCUT2D eigenvalue weighted by molar-refractivity contribution is 8.76. The van der Waals surface area contributed by atoms with Crippen molar-refractivity contribution in [1.29, 1.82) is 0 Å². The monoisotopic (exact) mass is 450 g/mol. The molecule has 0 heterocycles. The number of carbonyl (C=O) groups excluding carboxylic acids is 1. The molecule has 29 heavy (non-hydrogen) atoms. The molecule has 1 aromatic carbocycles. The Bertz CT molecular complexity index is 695. The van der Waals surface area contributed by atoms with Crippen LogP contribution in [0.25, 0.3) is 0 Å². The molecule has 0 unspecified atom stereocenters. The van der Waals surface area contributed by atoms with Gasteiger partial charge >= 0.3 is 6.18 Å². The van der Waals surface area contributed by atoms with E-state index in [1.165, 1.54) is 31.4 Å². The van der Waals surface area contributed by atoms with Crippen LogP contribution in [0.1, 0.15) is 6.42 Å². The number of ether oxygens (including phenoxy) is 1. The normalized spacial score (nSPS) is 12.7. The average molecular weight is 451 g/mol. The van der Waals surface area contributed by atoms with Crippen molar-refractivity contribution in [3.63, 3.8) is 0 Å². The summed E-state index contributed by atoms with van der Waals surface area (Å²) in [7, 11) is 6.65. The van der Waals surface area contributed by atoms with Crippen molar-refractivity contribution >= 4 is 38.9 Å². The van der Waals surface area contributed by atoms with Crippen LogP contribution in [-0.4, -0.2) is 56.5 Å². The predicted octanol–water partition coefficient (Wildman–Crippen LogP) is 3.28. The van der Waals surface area contributed by atoms with Crippen LogP contribution >= 0.6 is 21.6 Å². The summed E-state index contributed by atoms with van der Waals surface area (Å²) in [5.41, 5.74) is 3.29. The van der Waals surface area contributed by atoms with E-state index in [1.54, 1.807) is 21.6 Å². The number of methoxy groups -OCH3 is 1. The molecular formula is C18H25F3N4O2S2. The maximum atomic E-state index is 13.5. The topological polar surface area (TPSA) is 88.7 Å². The molecule has 0 aromatic heterocycles. The van der Waals surface area contributed by atoms with Gasteiger partial charge in [0.1, 0.15) is 5.75 Å². The number of nitrogens with one attached hydrogen (secondary N) is 2. The number of hydrogen-bond donors (Lipinski definition) is 3. The van der Waals surface area contributed by atoms with Gasteiger partial charge in [0.25, 0.3) is 5.91 Å². The molecule has 0 bridgehead atoms. The largest absolute Gasteiger partial charge is 0.497 e. The average Bonchev–Trinajstić information content (AvgIpc) is 2.69. The van der Waals surface area contributed by atoms with E-state index in [0.717, 1.165) is 18.1 Å². The zero-order chi connectivity index (χ0) is 21.7. The van der Waals surface area contributed by atoms with Crippen molar-refractivity contribution in [1.82, 2.24) is 10.6 Å². The minimum Gasteiger partial charge on any atom is -0.497 e. The first-order valence-electron chi connectivity index (χ1n) is 8.73. The number of benzene rings is 1. The summed E-state index contributed by atoms with van der Waals surface area (Å²) in [5, 5.41) is 5.50. The second-order valence-electron chi connectivity index (χ2n) is 5.59. The van der Waals surface area contributed by atoms with Gasteiger partial charge in [0.05, 0.1) is 18.4 Å². The summed E-state index contributed by atoms with van der Waals surface area (Å²) < 4.78 is 45.5. The maximum absolute atomic E-state index is 13.5. The fourth-order valence-electron chi connectivity index (χ4n) is 2.01. The van der Waals surface area contributed by atoms with Crippen LogP contribution in [0.5, 0.6) is 5.75 Å². The Morgan fingerprint density at radius 3 is 2.41 bits per heavy atom. The number of hydrogen-bond acceptors (Lipinski definition) is 7. The summed E-state index contributed by atoms with van der Waals surface area (Å²) in [4.78, 5) is 15.8. The number of aliphatic imine (C=N–C) groups is 1. The van der Waals surface area contributed by atoms with Crippen LogP contribution in [0.15, 0.2) is 41.0 Å². The standard InChI is InChI=1S/C18H25F3N4O2S2/c1-23-9-11-29-28-10-3-8-24-17(26)15(12-22)16(18(19,20)21)25-13-4-6-14(27-2)7-5-13/h4-7,12,23H,3,8-11,22H2,1-2H3,(H,24,26). The molecular weight excluding hydrogens is 425 g/mol. The van der Waals surface area contributed by atoms with Gasteiger partial charge in [-0.3, -0.25) is 4.79 Å². The van der Waals surface area contributed by atoms with Gasteiger partial charge < -0.3 is 21.1 Å². The van der Waals surface area contributed by atoms with E-state index in [-0.39, 0.29) is 12.2 Å². The third-order valence-corrected chi connectivity index (χ3v) is 5.95. The number of nitrogens with zero attached hydrogens (tertiary/aromatic N) is 1. The van der Waals surface area contributed by atoms with Gasteiger partial charge in [-0.2, -0.15) is 13.2 Å². The van der Waals surface area contributed by atoms with Gasteiger partial charge in [-0.25, -0.2) is 4.99 Å². The second kappa shape index (κ2) is 13.4. The third kappa shape index (κ3) is 9.46. The van der Waals surface area contributed by atoms with Gasteiger partial charge in [0.2, 0.25) is 0 Å². The van der Waals surface area contributed by atoms with Crippen LogP contribution < -0.4 is 21.1 Å². The molecule has 4 N–H and O–H groups in total. The SMILES string of the molecule is CNCCSSCCCNC(=O)C(=CN)C(=Nc1ccc(OC)cc1)C(F)(F)F. The minimum absolute atomic E-state index is 0.0280. The lowest BCUT2D eigenvalue weighted by Crippen LogP contribution is -2.36. The highest BCUT2D eigenvalue weighted by atomic mass is 33.1. The lowest BCUT2D eigenvalue weighted by atomic mass is 10.1. The number of rotatable bonds is 12. The molecule has 0 aliphatic heterocycles. The number of nitrogens with two attached hydrogens (primary N) is 1. The third-order valence-electron chi connectivity index (χ3n) is 3.46. The molecule has 0 radical (unpaired) electrons. The van der Waals surface area contributed by atoms with Gasteiger partial charge in [-0.1, -0.05) is 21.6 Å². The van der Waals surface area contributed by atoms with E-state index in [9.17, 15) is 18.0 Å². The van der Waals surface area contributed by atoms with Crippen LogP contribution in [0, 0.1) is 0 Å². The first-order chi connectivity index (χ1) is 13.8. The summed E-state index contributed by atoms with van der Waals surface area (Å²) in [6.45, 7) is 1.14. The summed E-state index contributed by atoms with van der Waals surface area (Å²) in [6.07, 6.45) is -3.59. The number of carbonyl (C=O) groups is 1.